The Morgan fingerprint density at radius 2 is 1.67 bits per heavy atom. The number of rotatable bonds is 3. The molecule has 1 N–H and O–H groups in total. The Labute approximate surface area is 108 Å². The van der Waals surface area contributed by atoms with Crippen LogP contribution in [-0.2, 0) is 6.61 Å². The van der Waals surface area contributed by atoms with Crippen molar-refractivity contribution in [1.29, 1.82) is 0 Å². The highest BCUT2D eigenvalue weighted by Gasteiger charge is 2.10. The normalized spacial score (nSPS) is 10.4. The summed E-state index contributed by atoms with van der Waals surface area (Å²) in [5, 5.41) is 9.42. The van der Waals surface area contributed by atoms with Crippen LogP contribution in [-0.4, -0.2) is 12.2 Å². The van der Waals surface area contributed by atoms with Gasteiger partial charge in [0, 0.05) is 0 Å². The van der Waals surface area contributed by atoms with E-state index in [9.17, 15) is 5.11 Å². The maximum absolute atomic E-state index is 9.42. The molecule has 0 spiro atoms. The van der Waals surface area contributed by atoms with Crippen molar-refractivity contribution < 1.29 is 9.84 Å². The van der Waals surface area contributed by atoms with Crippen molar-refractivity contribution in [3.63, 3.8) is 0 Å². The SMILES string of the molecule is COc1ccc(-c2ccccc2CO)c(C)c1C. The second-order valence-electron chi connectivity index (χ2n) is 4.38. The van der Waals surface area contributed by atoms with Gasteiger partial charge in [0.05, 0.1) is 13.7 Å². The van der Waals surface area contributed by atoms with E-state index in [2.05, 4.69) is 19.9 Å². The van der Waals surface area contributed by atoms with Crippen LogP contribution in [0.2, 0.25) is 0 Å². The Bertz CT molecular complexity index is 559. The van der Waals surface area contributed by atoms with Crippen LogP contribution in [0, 0.1) is 13.8 Å². The Morgan fingerprint density at radius 1 is 0.944 bits per heavy atom. The van der Waals surface area contributed by atoms with Gasteiger partial charge in [0.25, 0.3) is 0 Å². The molecular formula is C16H18O2. The van der Waals surface area contributed by atoms with E-state index < -0.39 is 0 Å². The van der Waals surface area contributed by atoms with Crippen LogP contribution in [0.3, 0.4) is 0 Å². The van der Waals surface area contributed by atoms with E-state index in [1.54, 1.807) is 7.11 Å². The van der Waals surface area contributed by atoms with Crippen LogP contribution in [0.5, 0.6) is 5.75 Å². The minimum Gasteiger partial charge on any atom is -0.496 e. The first kappa shape index (κ1) is 12.7. The highest BCUT2D eigenvalue weighted by molar-refractivity contribution is 5.72. The molecule has 2 nitrogen and oxygen atoms in total. The van der Waals surface area contributed by atoms with Crippen molar-refractivity contribution in [2.75, 3.05) is 7.11 Å². The van der Waals surface area contributed by atoms with E-state index in [0.717, 1.165) is 28.0 Å². The summed E-state index contributed by atoms with van der Waals surface area (Å²) in [6, 6.07) is 12.0. The lowest BCUT2D eigenvalue weighted by molar-refractivity contribution is 0.282. The van der Waals surface area contributed by atoms with Crippen molar-refractivity contribution in [2.24, 2.45) is 0 Å². The molecule has 0 aliphatic carbocycles. The standard InChI is InChI=1S/C16H18O2/c1-11-12(2)16(18-3)9-8-14(11)15-7-5-4-6-13(15)10-17/h4-9,17H,10H2,1-3H3. The Balaban J connectivity index is 2.61. The third kappa shape index (κ3) is 2.12. The second-order valence-corrected chi connectivity index (χ2v) is 4.38. The van der Waals surface area contributed by atoms with E-state index in [1.807, 2.05) is 30.3 Å². The van der Waals surface area contributed by atoms with Crippen LogP contribution in [0.25, 0.3) is 11.1 Å². The minimum absolute atomic E-state index is 0.0562. The van der Waals surface area contributed by atoms with Gasteiger partial charge in [-0.3, -0.25) is 0 Å². The first-order valence-electron chi connectivity index (χ1n) is 6.02. The van der Waals surface area contributed by atoms with Crippen LogP contribution in [0.15, 0.2) is 36.4 Å². The fraction of sp³-hybridized carbons (Fsp3) is 0.250. The molecule has 0 saturated heterocycles. The zero-order valence-electron chi connectivity index (χ0n) is 11.0. The quantitative estimate of drug-likeness (QED) is 0.893. The Hall–Kier alpha value is -1.80. The minimum atomic E-state index is 0.0562. The summed E-state index contributed by atoms with van der Waals surface area (Å²) in [6.45, 7) is 4.20. The van der Waals surface area contributed by atoms with Crippen molar-refractivity contribution in [1.82, 2.24) is 0 Å². The van der Waals surface area contributed by atoms with Crippen molar-refractivity contribution in [3.8, 4) is 16.9 Å². The fourth-order valence-electron chi connectivity index (χ4n) is 2.23. The molecule has 0 atom stereocenters. The predicted octanol–water partition coefficient (Wildman–Crippen LogP) is 3.47. The molecule has 2 rings (SSSR count). The van der Waals surface area contributed by atoms with E-state index >= 15 is 0 Å². The zero-order chi connectivity index (χ0) is 13.1. The lowest BCUT2D eigenvalue weighted by Crippen LogP contribution is -1.95. The predicted molar refractivity (Wildman–Crippen MR) is 73.8 cm³/mol. The molecule has 2 heteroatoms. The van der Waals surface area contributed by atoms with Crippen molar-refractivity contribution in [2.45, 2.75) is 20.5 Å². The molecule has 0 aliphatic rings. The number of benzene rings is 2. The van der Waals surface area contributed by atoms with Crippen LogP contribution in [0.1, 0.15) is 16.7 Å². The van der Waals surface area contributed by atoms with Gasteiger partial charge in [-0.25, -0.2) is 0 Å². The summed E-state index contributed by atoms with van der Waals surface area (Å²) < 4.78 is 5.32. The molecule has 0 fully saturated rings. The number of aliphatic hydroxyl groups excluding tert-OH is 1. The highest BCUT2D eigenvalue weighted by Crippen LogP contribution is 2.32. The van der Waals surface area contributed by atoms with E-state index in [1.165, 1.54) is 5.56 Å². The number of hydrogen-bond acceptors (Lipinski definition) is 2. The van der Waals surface area contributed by atoms with Gasteiger partial charge in [-0.2, -0.15) is 0 Å². The largest absolute Gasteiger partial charge is 0.496 e. The average Bonchev–Trinajstić information content (AvgIpc) is 2.42. The van der Waals surface area contributed by atoms with Crippen molar-refractivity contribution >= 4 is 0 Å². The van der Waals surface area contributed by atoms with Gasteiger partial charge in [-0.05, 0) is 47.7 Å². The van der Waals surface area contributed by atoms with Crippen LogP contribution >= 0.6 is 0 Å². The molecule has 0 unspecified atom stereocenters. The molecule has 94 valence electrons. The summed E-state index contributed by atoms with van der Waals surface area (Å²) in [7, 11) is 1.68. The molecule has 0 bridgehead atoms. The third-order valence-corrected chi connectivity index (χ3v) is 3.44. The number of ether oxygens (including phenoxy) is 1. The molecule has 2 aromatic carbocycles. The van der Waals surface area contributed by atoms with E-state index in [0.29, 0.717) is 0 Å². The molecular weight excluding hydrogens is 224 g/mol. The van der Waals surface area contributed by atoms with Gasteiger partial charge in [0.1, 0.15) is 5.75 Å². The average molecular weight is 242 g/mol. The number of methoxy groups -OCH3 is 1. The van der Waals surface area contributed by atoms with Gasteiger partial charge >= 0.3 is 0 Å². The first-order valence-corrected chi connectivity index (χ1v) is 6.02. The van der Waals surface area contributed by atoms with Gasteiger partial charge in [0.15, 0.2) is 0 Å². The summed E-state index contributed by atoms with van der Waals surface area (Å²) in [5.74, 6) is 0.901. The molecule has 18 heavy (non-hydrogen) atoms. The zero-order valence-corrected chi connectivity index (χ0v) is 11.0. The number of aliphatic hydroxyl groups is 1. The first-order chi connectivity index (χ1) is 8.69. The summed E-state index contributed by atoms with van der Waals surface area (Å²) in [5.41, 5.74) is 5.52. The van der Waals surface area contributed by atoms with Gasteiger partial charge < -0.3 is 9.84 Å². The smallest absolute Gasteiger partial charge is 0.122 e. The van der Waals surface area contributed by atoms with Crippen LogP contribution < -0.4 is 4.74 Å². The number of hydrogen-bond donors (Lipinski definition) is 1. The lowest BCUT2D eigenvalue weighted by Gasteiger charge is -2.14. The maximum atomic E-state index is 9.42. The molecule has 0 amide bonds. The summed E-state index contributed by atoms with van der Waals surface area (Å²) in [4.78, 5) is 0. The van der Waals surface area contributed by atoms with Gasteiger partial charge in [-0.15, -0.1) is 0 Å². The van der Waals surface area contributed by atoms with Crippen LogP contribution in [0.4, 0.5) is 0 Å². The highest BCUT2D eigenvalue weighted by atomic mass is 16.5. The lowest BCUT2D eigenvalue weighted by atomic mass is 9.93. The second kappa shape index (κ2) is 5.23. The summed E-state index contributed by atoms with van der Waals surface area (Å²) >= 11 is 0. The van der Waals surface area contributed by atoms with Gasteiger partial charge in [-0.1, -0.05) is 30.3 Å². The monoisotopic (exact) mass is 242 g/mol. The Morgan fingerprint density at radius 3 is 2.33 bits per heavy atom. The molecule has 2 aromatic rings. The van der Waals surface area contributed by atoms with Crippen molar-refractivity contribution in [3.05, 3.63) is 53.1 Å². The molecule has 0 heterocycles. The summed E-state index contributed by atoms with van der Waals surface area (Å²) in [6.07, 6.45) is 0. The maximum Gasteiger partial charge on any atom is 0.122 e. The topological polar surface area (TPSA) is 29.5 Å². The molecule has 0 radical (unpaired) electrons. The van der Waals surface area contributed by atoms with E-state index in [4.69, 9.17) is 4.74 Å². The molecule has 0 aromatic heterocycles. The molecule has 0 aliphatic heterocycles. The fourth-order valence-corrected chi connectivity index (χ4v) is 2.23. The molecule has 0 saturated carbocycles. The van der Waals surface area contributed by atoms with E-state index in [-0.39, 0.29) is 6.61 Å². The Kier molecular flexibility index (Phi) is 3.68. The van der Waals surface area contributed by atoms with Gasteiger partial charge in [0.2, 0.25) is 0 Å². The third-order valence-electron chi connectivity index (χ3n) is 3.44.